The van der Waals surface area contributed by atoms with Crippen molar-refractivity contribution >= 4 is 0 Å². The third kappa shape index (κ3) is 3.05. The normalized spacial score (nSPS) is 12.0. The van der Waals surface area contributed by atoms with Crippen molar-refractivity contribution in [2.75, 3.05) is 7.11 Å². The zero-order valence-corrected chi connectivity index (χ0v) is 10.2. The smallest absolute Gasteiger partial charge is 0.393 e. The minimum Gasteiger partial charge on any atom is -0.505 e. The number of phenols is 1. The van der Waals surface area contributed by atoms with Gasteiger partial charge in [0.05, 0.1) is 13.5 Å². The minimum atomic E-state index is -4.57. The SMILES string of the molecule is COc1cc(C(C)C)c(O)c(F)c1CC(F)(F)F. The van der Waals surface area contributed by atoms with Crippen molar-refractivity contribution in [2.24, 2.45) is 0 Å². The Bertz CT molecular complexity index is 439. The predicted octanol–water partition coefficient (Wildman–Crippen LogP) is 3.77. The zero-order chi connectivity index (χ0) is 14.1. The molecule has 0 saturated carbocycles. The van der Waals surface area contributed by atoms with Gasteiger partial charge in [-0.3, -0.25) is 0 Å². The van der Waals surface area contributed by atoms with Crippen LogP contribution in [-0.2, 0) is 6.42 Å². The largest absolute Gasteiger partial charge is 0.505 e. The molecule has 1 N–H and O–H groups in total. The first-order chi connectivity index (χ1) is 8.17. The molecule has 0 radical (unpaired) electrons. The molecule has 102 valence electrons. The first kappa shape index (κ1) is 14.6. The predicted molar refractivity (Wildman–Crippen MR) is 58.5 cm³/mol. The van der Waals surface area contributed by atoms with Gasteiger partial charge in [0.1, 0.15) is 5.75 Å². The van der Waals surface area contributed by atoms with Crippen molar-refractivity contribution in [3.8, 4) is 11.5 Å². The van der Waals surface area contributed by atoms with Crippen LogP contribution < -0.4 is 4.74 Å². The number of aromatic hydroxyl groups is 1. The quantitative estimate of drug-likeness (QED) is 0.844. The second kappa shape index (κ2) is 5.04. The highest BCUT2D eigenvalue weighted by molar-refractivity contribution is 5.48. The molecule has 0 aliphatic rings. The summed E-state index contributed by atoms with van der Waals surface area (Å²) in [4.78, 5) is 0. The molecule has 6 heteroatoms. The van der Waals surface area contributed by atoms with Crippen LogP contribution in [0.4, 0.5) is 17.6 Å². The van der Waals surface area contributed by atoms with Crippen LogP contribution >= 0.6 is 0 Å². The molecule has 0 aliphatic heterocycles. The van der Waals surface area contributed by atoms with Crippen molar-refractivity contribution in [3.05, 3.63) is 23.0 Å². The highest BCUT2D eigenvalue weighted by atomic mass is 19.4. The second-order valence-electron chi connectivity index (χ2n) is 4.26. The number of halogens is 4. The van der Waals surface area contributed by atoms with Crippen molar-refractivity contribution < 1.29 is 27.4 Å². The Labute approximate surface area is 102 Å². The lowest BCUT2D eigenvalue weighted by molar-refractivity contribution is -0.128. The van der Waals surface area contributed by atoms with Crippen LogP contribution in [0.15, 0.2) is 6.07 Å². The van der Waals surface area contributed by atoms with E-state index in [1.165, 1.54) is 6.07 Å². The Morgan fingerprint density at radius 1 is 1.33 bits per heavy atom. The number of alkyl halides is 3. The van der Waals surface area contributed by atoms with Crippen LogP contribution in [0.1, 0.15) is 30.9 Å². The Balaban J connectivity index is 3.39. The summed E-state index contributed by atoms with van der Waals surface area (Å²) in [7, 11) is 1.16. The highest BCUT2D eigenvalue weighted by Crippen LogP contribution is 2.38. The zero-order valence-electron chi connectivity index (χ0n) is 10.2. The molecule has 0 unspecified atom stereocenters. The van der Waals surface area contributed by atoms with E-state index < -0.39 is 29.7 Å². The highest BCUT2D eigenvalue weighted by Gasteiger charge is 2.33. The van der Waals surface area contributed by atoms with Gasteiger partial charge in [-0.15, -0.1) is 0 Å². The molecular formula is C12H14F4O2. The summed E-state index contributed by atoms with van der Waals surface area (Å²) in [6.07, 6.45) is -6.05. The van der Waals surface area contributed by atoms with E-state index in [1.54, 1.807) is 13.8 Å². The molecule has 0 fully saturated rings. The Morgan fingerprint density at radius 2 is 1.89 bits per heavy atom. The van der Waals surface area contributed by atoms with E-state index in [2.05, 4.69) is 0 Å². The fourth-order valence-electron chi connectivity index (χ4n) is 1.66. The first-order valence-electron chi connectivity index (χ1n) is 5.32. The van der Waals surface area contributed by atoms with E-state index in [1.807, 2.05) is 0 Å². The van der Waals surface area contributed by atoms with Crippen molar-refractivity contribution in [3.63, 3.8) is 0 Å². The molecule has 1 rings (SSSR count). The molecule has 0 saturated heterocycles. The molecule has 0 heterocycles. The van der Waals surface area contributed by atoms with Gasteiger partial charge in [-0.25, -0.2) is 4.39 Å². The van der Waals surface area contributed by atoms with Gasteiger partial charge in [-0.05, 0) is 12.0 Å². The van der Waals surface area contributed by atoms with Gasteiger partial charge in [0.2, 0.25) is 0 Å². The number of rotatable bonds is 3. The Hall–Kier alpha value is -1.46. The maximum atomic E-state index is 13.8. The topological polar surface area (TPSA) is 29.5 Å². The first-order valence-corrected chi connectivity index (χ1v) is 5.32. The van der Waals surface area contributed by atoms with Gasteiger partial charge in [0.15, 0.2) is 11.6 Å². The van der Waals surface area contributed by atoms with Gasteiger partial charge < -0.3 is 9.84 Å². The lowest BCUT2D eigenvalue weighted by atomic mass is 9.97. The number of ether oxygens (including phenoxy) is 1. The molecule has 1 aromatic rings. The molecule has 0 aliphatic carbocycles. The Kier molecular flexibility index (Phi) is 4.09. The van der Waals surface area contributed by atoms with E-state index >= 15 is 0 Å². The van der Waals surface area contributed by atoms with Crippen LogP contribution in [0, 0.1) is 5.82 Å². The third-order valence-electron chi connectivity index (χ3n) is 2.55. The molecule has 0 amide bonds. The summed E-state index contributed by atoms with van der Waals surface area (Å²) >= 11 is 0. The molecule has 0 bridgehead atoms. The lowest BCUT2D eigenvalue weighted by Gasteiger charge is -2.17. The van der Waals surface area contributed by atoms with Crippen LogP contribution in [0.2, 0.25) is 0 Å². The van der Waals surface area contributed by atoms with Gasteiger partial charge >= 0.3 is 6.18 Å². The number of phenolic OH excluding ortho intramolecular Hbond substituents is 1. The van der Waals surface area contributed by atoms with Crippen LogP contribution in [0.3, 0.4) is 0 Å². The van der Waals surface area contributed by atoms with Crippen LogP contribution in [0.5, 0.6) is 11.5 Å². The van der Waals surface area contributed by atoms with E-state index in [-0.39, 0.29) is 17.2 Å². The molecule has 1 aromatic carbocycles. The number of methoxy groups -OCH3 is 1. The third-order valence-corrected chi connectivity index (χ3v) is 2.55. The Morgan fingerprint density at radius 3 is 2.28 bits per heavy atom. The molecule has 0 spiro atoms. The van der Waals surface area contributed by atoms with Crippen LogP contribution in [-0.4, -0.2) is 18.4 Å². The van der Waals surface area contributed by atoms with Crippen molar-refractivity contribution in [2.45, 2.75) is 32.4 Å². The van der Waals surface area contributed by atoms with E-state index in [9.17, 15) is 22.7 Å². The fourth-order valence-corrected chi connectivity index (χ4v) is 1.66. The fraction of sp³-hybridized carbons (Fsp3) is 0.500. The number of hydrogen-bond donors (Lipinski definition) is 1. The van der Waals surface area contributed by atoms with Crippen molar-refractivity contribution in [1.82, 2.24) is 0 Å². The van der Waals surface area contributed by atoms with Gasteiger partial charge in [0, 0.05) is 11.1 Å². The van der Waals surface area contributed by atoms with E-state index in [4.69, 9.17) is 4.74 Å². The number of benzene rings is 1. The average Bonchev–Trinajstić information content (AvgIpc) is 2.23. The summed E-state index contributed by atoms with van der Waals surface area (Å²) in [5.74, 6) is -2.44. The summed E-state index contributed by atoms with van der Waals surface area (Å²) in [6, 6.07) is 1.24. The molecule has 0 atom stereocenters. The van der Waals surface area contributed by atoms with Crippen LogP contribution in [0.25, 0.3) is 0 Å². The molecular weight excluding hydrogens is 252 g/mol. The summed E-state index contributed by atoms with van der Waals surface area (Å²) in [5, 5.41) is 9.57. The van der Waals surface area contributed by atoms with Gasteiger partial charge in [0.25, 0.3) is 0 Å². The minimum absolute atomic E-state index is 0.202. The average molecular weight is 266 g/mol. The monoisotopic (exact) mass is 266 g/mol. The summed E-state index contributed by atoms with van der Waals surface area (Å²) < 4.78 is 55.5. The second-order valence-corrected chi connectivity index (χ2v) is 4.26. The standard InChI is InChI=1S/C12H14F4O2/c1-6(2)7-4-9(18-3)8(5-12(14,15)16)10(13)11(7)17/h4,6,17H,5H2,1-3H3. The maximum Gasteiger partial charge on any atom is 0.393 e. The summed E-state index contributed by atoms with van der Waals surface area (Å²) in [5.41, 5.74) is -0.456. The van der Waals surface area contributed by atoms with E-state index in [0.717, 1.165) is 7.11 Å². The molecule has 2 nitrogen and oxygen atoms in total. The van der Waals surface area contributed by atoms with E-state index in [0.29, 0.717) is 0 Å². The summed E-state index contributed by atoms with van der Waals surface area (Å²) in [6.45, 7) is 3.38. The number of hydrogen-bond acceptors (Lipinski definition) is 2. The van der Waals surface area contributed by atoms with Crippen molar-refractivity contribution in [1.29, 1.82) is 0 Å². The molecule has 18 heavy (non-hydrogen) atoms. The maximum absolute atomic E-state index is 13.8. The lowest BCUT2D eigenvalue weighted by Crippen LogP contribution is -2.14. The van der Waals surface area contributed by atoms with Gasteiger partial charge in [-0.1, -0.05) is 13.8 Å². The molecule has 0 aromatic heterocycles. The van der Waals surface area contributed by atoms with Gasteiger partial charge in [-0.2, -0.15) is 13.2 Å².